The minimum atomic E-state index is -1.13. The van der Waals surface area contributed by atoms with Crippen LogP contribution < -0.4 is 5.73 Å². The van der Waals surface area contributed by atoms with Crippen molar-refractivity contribution in [2.45, 2.75) is 13.3 Å². The number of anilines is 1. The fraction of sp³-hybridized carbons (Fsp3) is 0.125. The number of aryl methyl sites for hydroxylation is 1. The van der Waals surface area contributed by atoms with E-state index in [0.29, 0.717) is 22.1 Å². The predicted molar refractivity (Wildman–Crippen MR) is 90.3 cm³/mol. The normalized spacial score (nSPS) is 10.8. The van der Waals surface area contributed by atoms with Gasteiger partial charge < -0.3 is 10.8 Å². The molecule has 0 aliphatic heterocycles. The van der Waals surface area contributed by atoms with Crippen LogP contribution in [0, 0.1) is 0 Å². The zero-order chi connectivity index (χ0) is 17.3. The molecule has 3 aromatic rings. The summed E-state index contributed by atoms with van der Waals surface area (Å²) in [7, 11) is 0. The van der Waals surface area contributed by atoms with Gasteiger partial charge in [-0.2, -0.15) is 5.10 Å². The minimum Gasteiger partial charge on any atom is -0.476 e. The average Bonchev–Trinajstić information content (AvgIpc) is 3.00. The molecule has 0 spiro atoms. The summed E-state index contributed by atoms with van der Waals surface area (Å²) < 4.78 is 1.52. The lowest BCUT2D eigenvalue weighted by atomic mass is 10.1. The number of nitrogen functional groups attached to an aromatic ring is 1. The van der Waals surface area contributed by atoms with E-state index in [2.05, 4.69) is 15.1 Å². The standard InChI is InChI=1S/C16H14ClN5O2/c1-2-9-3-4-10(17)7-13(9)22-14(8-12(21-22)15(23)24)11-5-6-19-16(18)20-11/h3-8H,2H2,1H3,(H,23,24)(H2,18,19,20). The highest BCUT2D eigenvalue weighted by Gasteiger charge is 2.19. The number of rotatable bonds is 4. The van der Waals surface area contributed by atoms with Gasteiger partial charge in [0.15, 0.2) is 5.69 Å². The Bertz CT molecular complexity index is 923. The van der Waals surface area contributed by atoms with Crippen LogP contribution in [0.2, 0.25) is 5.02 Å². The Morgan fingerprint density at radius 2 is 2.12 bits per heavy atom. The second-order valence-electron chi connectivity index (χ2n) is 5.06. The summed E-state index contributed by atoms with van der Waals surface area (Å²) in [5.74, 6) is -1.03. The molecule has 0 radical (unpaired) electrons. The van der Waals surface area contributed by atoms with Gasteiger partial charge in [-0.05, 0) is 30.2 Å². The zero-order valence-corrected chi connectivity index (χ0v) is 13.5. The number of hydrogen-bond acceptors (Lipinski definition) is 5. The van der Waals surface area contributed by atoms with Gasteiger partial charge in [0.25, 0.3) is 0 Å². The highest BCUT2D eigenvalue weighted by atomic mass is 35.5. The molecule has 0 atom stereocenters. The van der Waals surface area contributed by atoms with Crippen LogP contribution in [0.15, 0.2) is 36.5 Å². The van der Waals surface area contributed by atoms with Gasteiger partial charge in [0.1, 0.15) is 0 Å². The molecule has 24 heavy (non-hydrogen) atoms. The quantitative estimate of drug-likeness (QED) is 0.754. The number of carboxylic acids is 1. The number of aromatic nitrogens is 4. The number of carbonyl (C=O) groups is 1. The maximum atomic E-state index is 11.4. The summed E-state index contributed by atoms with van der Waals surface area (Å²) in [6.45, 7) is 2.00. The van der Waals surface area contributed by atoms with E-state index in [1.54, 1.807) is 18.2 Å². The van der Waals surface area contributed by atoms with Crippen LogP contribution >= 0.6 is 11.6 Å². The summed E-state index contributed by atoms with van der Waals surface area (Å²) >= 11 is 6.11. The van der Waals surface area contributed by atoms with Crippen molar-refractivity contribution in [1.82, 2.24) is 19.7 Å². The smallest absolute Gasteiger partial charge is 0.356 e. The van der Waals surface area contributed by atoms with Crippen molar-refractivity contribution in [3.05, 3.63) is 52.8 Å². The van der Waals surface area contributed by atoms with E-state index in [1.165, 1.54) is 16.9 Å². The molecule has 122 valence electrons. The minimum absolute atomic E-state index is 0.0933. The van der Waals surface area contributed by atoms with E-state index in [0.717, 1.165) is 12.0 Å². The van der Waals surface area contributed by atoms with E-state index in [4.69, 9.17) is 17.3 Å². The molecule has 0 aliphatic carbocycles. The number of halogens is 1. The number of nitrogens with two attached hydrogens (primary N) is 1. The number of nitrogens with zero attached hydrogens (tertiary/aromatic N) is 4. The third-order valence-electron chi connectivity index (χ3n) is 3.52. The maximum absolute atomic E-state index is 11.4. The lowest BCUT2D eigenvalue weighted by molar-refractivity contribution is 0.0690. The van der Waals surface area contributed by atoms with E-state index in [-0.39, 0.29) is 11.6 Å². The highest BCUT2D eigenvalue weighted by Crippen LogP contribution is 2.27. The van der Waals surface area contributed by atoms with Crippen molar-refractivity contribution in [2.75, 3.05) is 5.73 Å². The van der Waals surface area contributed by atoms with E-state index < -0.39 is 5.97 Å². The van der Waals surface area contributed by atoms with Crippen molar-refractivity contribution >= 4 is 23.5 Å². The zero-order valence-electron chi connectivity index (χ0n) is 12.8. The van der Waals surface area contributed by atoms with E-state index in [1.807, 2.05) is 13.0 Å². The summed E-state index contributed by atoms with van der Waals surface area (Å²) in [5.41, 5.74) is 8.20. The first-order valence-electron chi connectivity index (χ1n) is 7.20. The molecule has 1 aromatic carbocycles. The van der Waals surface area contributed by atoms with Crippen molar-refractivity contribution in [1.29, 1.82) is 0 Å². The first-order chi connectivity index (χ1) is 11.5. The fourth-order valence-electron chi connectivity index (χ4n) is 2.40. The van der Waals surface area contributed by atoms with Gasteiger partial charge in [-0.15, -0.1) is 0 Å². The van der Waals surface area contributed by atoms with Crippen molar-refractivity contribution in [3.63, 3.8) is 0 Å². The first-order valence-corrected chi connectivity index (χ1v) is 7.58. The predicted octanol–water partition coefficient (Wildman–Crippen LogP) is 2.83. The number of benzene rings is 1. The van der Waals surface area contributed by atoms with Crippen LogP contribution in [0.5, 0.6) is 0 Å². The molecule has 8 heteroatoms. The Kier molecular flexibility index (Phi) is 4.18. The lowest BCUT2D eigenvalue weighted by Gasteiger charge is -2.12. The van der Waals surface area contributed by atoms with Crippen LogP contribution in [0.4, 0.5) is 5.95 Å². The van der Waals surface area contributed by atoms with Gasteiger partial charge >= 0.3 is 5.97 Å². The molecule has 0 amide bonds. The lowest BCUT2D eigenvalue weighted by Crippen LogP contribution is -2.06. The molecule has 0 unspecified atom stereocenters. The number of hydrogen-bond donors (Lipinski definition) is 2. The van der Waals surface area contributed by atoms with Gasteiger partial charge in [0, 0.05) is 17.3 Å². The second-order valence-corrected chi connectivity index (χ2v) is 5.49. The maximum Gasteiger partial charge on any atom is 0.356 e. The van der Waals surface area contributed by atoms with Crippen LogP contribution in [0.3, 0.4) is 0 Å². The van der Waals surface area contributed by atoms with Crippen molar-refractivity contribution in [2.24, 2.45) is 0 Å². The molecule has 3 rings (SSSR count). The van der Waals surface area contributed by atoms with Gasteiger partial charge in [-0.1, -0.05) is 24.6 Å². The van der Waals surface area contributed by atoms with Gasteiger partial charge in [-0.25, -0.2) is 19.4 Å². The highest BCUT2D eigenvalue weighted by molar-refractivity contribution is 6.30. The van der Waals surface area contributed by atoms with Gasteiger partial charge in [0.05, 0.1) is 17.1 Å². The van der Waals surface area contributed by atoms with Crippen molar-refractivity contribution < 1.29 is 9.90 Å². The summed E-state index contributed by atoms with van der Waals surface area (Å²) in [6, 6.07) is 8.51. The molecule has 7 nitrogen and oxygen atoms in total. The molecule has 0 aliphatic rings. The Morgan fingerprint density at radius 1 is 1.33 bits per heavy atom. The van der Waals surface area contributed by atoms with E-state index in [9.17, 15) is 9.90 Å². The monoisotopic (exact) mass is 343 g/mol. The van der Waals surface area contributed by atoms with Gasteiger partial charge in [0.2, 0.25) is 5.95 Å². The first kappa shape index (κ1) is 15.9. The van der Waals surface area contributed by atoms with Gasteiger partial charge in [-0.3, -0.25) is 0 Å². The number of aromatic carboxylic acids is 1. The third-order valence-corrected chi connectivity index (χ3v) is 3.76. The van der Waals surface area contributed by atoms with E-state index >= 15 is 0 Å². The Balaban J connectivity index is 2.28. The topological polar surface area (TPSA) is 107 Å². The average molecular weight is 344 g/mol. The third kappa shape index (κ3) is 2.93. The molecule has 0 bridgehead atoms. The van der Waals surface area contributed by atoms with Crippen molar-refractivity contribution in [3.8, 4) is 17.1 Å². The molecule has 0 saturated heterocycles. The number of carboxylic acid groups (broad SMARTS) is 1. The molecule has 2 heterocycles. The largest absolute Gasteiger partial charge is 0.476 e. The molecule has 0 saturated carbocycles. The molecule has 2 aromatic heterocycles. The SMILES string of the molecule is CCc1ccc(Cl)cc1-n1nc(C(=O)O)cc1-c1ccnc(N)n1. The summed E-state index contributed by atoms with van der Waals surface area (Å²) in [4.78, 5) is 19.4. The fourth-order valence-corrected chi connectivity index (χ4v) is 2.57. The van der Waals surface area contributed by atoms with Crippen LogP contribution in [-0.4, -0.2) is 30.8 Å². The van der Waals surface area contributed by atoms with Crippen LogP contribution in [-0.2, 0) is 6.42 Å². The van der Waals surface area contributed by atoms with Crippen LogP contribution in [0.25, 0.3) is 17.1 Å². The Hall–Kier alpha value is -2.93. The molecular formula is C16H14ClN5O2. The van der Waals surface area contributed by atoms with Crippen LogP contribution in [0.1, 0.15) is 23.0 Å². The summed E-state index contributed by atoms with van der Waals surface area (Å²) in [6.07, 6.45) is 2.24. The Labute approximate surface area is 142 Å². The summed E-state index contributed by atoms with van der Waals surface area (Å²) in [5, 5.41) is 14.0. The molecular weight excluding hydrogens is 330 g/mol. The Morgan fingerprint density at radius 3 is 2.79 bits per heavy atom. The second kappa shape index (κ2) is 6.29. The molecule has 3 N–H and O–H groups in total. The molecule has 0 fully saturated rings.